The number of hydrogen-bond donors (Lipinski definition) is 2. The first kappa shape index (κ1) is 11.7. The lowest BCUT2D eigenvalue weighted by Gasteiger charge is -2.31. The number of rotatable bonds is 4. The fraction of sp³-hybridized carbons (Fsp3) is 0.455. The van der Waals surface area contributed by atoms with E-state index >= 15 is 0 Å². The molecule has 6 heteroatoms. The molecule has 1 saturated heterocycles. The highest BCUT2D eigenvalue weighted by atomic mass is 16.4. The first-order chi connectivity index (χ1) is 8.16. The van der Waals surface area contributed by atoms with Gasteiger partial charge in [0.1, 0.15) is 6.54 Å². The highest BCUT2D eigenvalue weighted by Gasteiger charge is 2.33. The summed E-state index contributed by atoms with van der Waals surface area (Å²) in [7, 11) is 0. The zero-order valence-electron chi connectivity index (χ0n) is 9.27. The smallest absolute Gasteiger partial charge is 0.278 e. The van der Waals surface area contributed by atoms with Crippen LogP contribution in [0.4, 0.5) is 0 Å². The molecule has 1 aromatic heterocycles. The molecule has 1 unspecified atom stereocenters. The summed E-state index contributed by atoms with van der Waals surface area (Å²) >= 11 is 0. The Kier molecular flexibility index (Phi) is 3.43. The van der Waals surface area contributed by atoms with E-state index in [1.807, 2.05) is 6.07 Å². The summed E-state index contributed by atoms with van der Waals surface area (Å²) in [6.45, 7) is 1.85. The van der Waals surface area contributed by atoms with E-state index in [2.05, 4.69) is 5.32 Å². The van der Waals surface area contributed by atoms with Gasteiger partial charge in [-0.25, -0.2) is 0 Å². The highest BCUT2D eigenvalue weighted by molar-refractivity contribution is 5.84. The second kappa shape index (κ2) is 5.01. The molecule has 0 bridgehead atoms. The van der Waals surface area contributed by atoms with Crippen molar-refractivity contribution < 1.29 is 24.0 Å². The van der Waals surface area contributed by atoms with Crippen LogP contribution in [-0.4, -0.2) is 31.0 Å². The number of carboxylic acids is 1. The predicted octanol–water partition coefficient (Wildman–Crippen LogP) is -2.70. The van der Waals surface area contributed by atoms with Crippen LogP contribution in [0, 0.1) is 0 Å². The van der Waals surface area contributed by atoms with Gasteiger partial charge < -0.3 is 24.5 Å². The Labute approximate surface area is 98.2 Å². The fourth-order valence-corrected chi connectivity index (χ4v) is 2.10. The van der Waals surface area contributed by atoms with Gasteiger partial charge in [-0.2, -0.15) is 0 Å². The molecule has 0 aromatic carbocycles. The normalized spacial score (nSPS) is 24.4. The molecule has 2 N–H and O–H groups in total. The van der Waals surface area contributed by atoms with E-state index in [1.54, 1.807) is 12.5 Å². The summed E-state index contributed by atoms with van der Waals surface area (Å²) in [6, 6.07) is 1.24. The number of aliphatic carboxylic acids is 1. The lowest BCUT2D eigenvalue weighted by atomic mass is 10.1. The van der Waals surface area contributed by atoms with Gasteiger partial charge in [-0.1, -0.05) is 0 Å². The molecule has 1 aromatic rings. The van der Waals surface area contributed by atoms with Gasteiger partial charge in [-0.15, -0.1) is 0 Å². The fourth-order valence-electron chi connectivity index (χ4n) is 2.10. The van der Waals surface area contributed by atoms with Gasteiger partial charge >= 0.3 is 0 Å². The molecule has 17 heavy (non-hydrogen) atoms. The summed E-state index contributed by atoms with van der Waals surface area (Å²) in [5.74, 6) is -1.42. The Balaban J connectivity index is 2.06. The van der Waals surface area contributed by atoms with E-state index in [-0.39, 0.29) is 12.3 Å². The van der Waals surface area contributed by atoms with Crippen LogP contribution in [0.3, 0.4) is 0 Å². The number of furan rings is 1. The minimum atomic E-state index is -1.20. The van der Waals surface area contributed by atoms with E-state index in [0.29, 0.717) is 19.6 Å². The molecule has 1 fully saturated rings. The third kappa shape index (κ3) is 2.85. The molecule has 1 amide bonds. The van der Waals surface area contributed by atoms with Crippen LogP contribution in [-0.2, 0) is 16.1 Å². The largest absolute Gasteiger partial charge is 0.550 e. The van der Waals surface area contributed by atoms with Crippen LogP contribution >= 0.6 is 0 Å². The standard InChI is InChI=1S/C11H14N2O4/c14-10(15)5-9-11(16)12-2-3-13(9)6-8-1-4-17-7-8/h1,4,7,9H,2-3,5-6H2,(H,12,16)(H,14,15)/t9-/m0/s1. The molecule has 1 aliphatic rings. The Hall–Kier alpha value is -1.82. The van der Waals surface area contributed by atoms with Gasteiger partial charge in [0, 0.05) is 18.0 Å². The predicted molar refractivity (Wildman–Crippen MR) is 54.7 cm³/mol. The molecule has 2 heterocycles. The van der Waals surface area contributed by atoms with E-state index in [4.69, 9.17) is 4.42 Å². The number of carboxylic acid groups (broad SMARTS) is 1. The van der Waals surface area contributed by atoms with Crippen molar-refractivity contribution in [1.82, 2.24) is 5.32 Å². The van der Waals surface area contributed by atoms with E-state index in [9.17, 15) is 14.7 Å². The number of piperazine rings is 1. The molecule has 6 nitrogen and oxygen atoms in total. The van der Waals surface area contributed by atoms with Crippen molar-refractivity contribution in [2.24, 2.45) is 0 Å². The van der Waals surface area contributed by atoms with E-state index in [0.717, 1.165) is 10.5 Å². The first-order valence-electron chi connectivity index (χ1n) is 5.50. The van der Waals surface area contributed by atoms with Crippen molar-refractivity contribution in [3.63, 3.8) is 0 Å². The average molecular weight is 238 g/mol. The van der Waals surface area contributed by atoms with Crippen molar-refractivity contribution in [3.05, 3.63) is 24.2 Å². The quantitative estimate of drug-likeness (QED) is 0.597. The Morgan fingerprint density at radius 3 is 3.12 bits per heavy atom. The van der Waals surface area contributed by atoms with Crippen LogP contribution in [0.15, 0.2) is 23.0 Å². The summed E-state index contributed by atoms with van der Waals surface area (Å²) in [5.41, 5.74) is 0.957. The van der Waals surface area contributed by atoms with Crippen molar-refractivity contribution in [3.8, 4) is 0 Å². The number of amides is 1. The van der Waals surface area contributed by atoms with Gasteiger partial charge in [0.05, 0.1) is 25.6 Å². The van der Waals surface area contributed by atoms with Gasteiger partial charge in [0.15, 0.2) is 6.04 Å². The van der Waals surface area contributed by atoms with Crippen LogP contribution < -0.4 is 15.3 Å². The van der Waals surface area contributed by atoms with Crippen LogP contribution in [0.1, 0.15) is 12.0 Å². The molecule has 92 valence electrons. The molecule has 1 aliphatic heterocycles. The van der Waals surface area contributed by atoms with Crippen molar-refractivity contribution in [1.29, 1.82) is 0 Å². The Morgan fingerprint density at radius 1 is 1.65 bits per heavy atom. The van der Waals surface area contributed by atoms with Gasteiger partial charge in [-0.05, 0) is 6.07 Å². The molecular formula is C11H14N2O4. The zero-order chi connectivity index (χ0) is 12.3. The average Bonchev–Trinajstić information content (AvgIpc) is 2.75. The monoisotopic (exact) mass is 238 g/mol. The van der Waals surface area contributed by atoms with Gasteiger partial charge in [0.25, 0.3) is 5.91 Å². The van der Waals surface area contributed by atoms with Crippen molar-refractivity contribution in [2.45, 2.75) is 19.0 Å². The molecular weight excluding hydrogens is 224 g/mol. The highest BCUT2D eigenvalue weighted by Crippen LogP contribution is 1.99. The number of carbonyl (C=O) groups is 2. The summed E-state index contributed by atoms with van der Waals surface area (Å²) in [4.78, 5) is 23.2. The first-order valence-corrected chi connectivity index (χ1v) is 5.50. The van der Waals surface area contributed by atoms with Gasteiger partial charge in [-0.3, -0.25) is 4.79 Å². The molecule has 2 rings (SSSR count). The topological polar surface area (TPSA) is 86.8 Å². The van der Waals surface area contributed by atoms with Crippen molar-refractivity contribution in [2.75, 3.05) is 13.1 Å². The molecule has 0 aliphatic carbocycles. The summed E-state index contributed by atoms with van der Waals surface area (Å²) < 4.78 is 4.96. The van der Waals surface area contributed by atoms with Crippen molar-refractivity contribution >= 4 is 11.9 Å². The van der Waals surface area contributed by atoms with E-state index < -0.39 is 12.0 Å². The third-order valence-corrected chi connectivity index (χ3v) is 2.94. The lowest BCUT2D eigenvalue weighted by molar-refractivity contribution is -0.930. The van der Waals surface area contributed by atoms with Crippen LogP contribution in [0.5, 0.6) is 0 Å². The maximum Gasteiger partial charge on any atom is 0.278 e. The number of hydrogen-bond acceptors (Lipinski definition) is 4. The Bertz CT molecular complexity index is 402. The maximum absolute atomic E-state index is 11.6. The SMILES string of the molecule is O=C([O-])C[C@H]1C(=O)NCC[NH+]1Cc1ccoc1. The summed E-state index contributed by atoms with van der Waals surface area (Å²) in [6.07, 6.45) is 2.92. The zero-order valence-corrected chi connectivity index (χ0v) is 9.27. The molecule has 0 spiro atoms. The minimum Gasteiger partial charge on any atom is -0.550 e. The Morgan fingerprint density at radius 2 is 2.47 bits per heavy atom. The second-order valence-electron chi connectivity index (χ2n) is 4.14. The lowest BCUT2D eigenvalue weighted by Crippen LogP contribution is -3.18. The number of carbonyl (C=O) groups excluding carboxylic acids is 2. The third-order valence-electron chi connectivity index (χ3n) is 2.94. The molecule has 0 saturated carbocycles. The van der Waals surface area contributed by atoms with Gasteiger partial charge in [0.2, 0.25) is 0 Å². The van der Waals surface area contributed by atoms with Crippen LogP contribution in [0.2, 0.25) is 0 Å². The minimum absolute atomic E-state index is 0.223. The van der Waals surface area contributed by atoms with E-state index in [1.165, 1.54) is 0 Å². The maximum atomic E-state index is 11.6. The van der Waals surface area contributed by atoms with Crippen LogP contribution in [0.25, 0.3) is 0 Å². The molecule has 2 atom stereocenters. The summed E-state index contributed by atoms with van der Waals surface area (Å²) in [5, 5.41) is 13.3. The number of nitrogens with one attached hydrogen (secondary N) is 2. The molecule has 0 radical (unpaired) electrons. The number of quaternary nitrogens is 1. The second-order valence-corrected chi connectivity index (χ2v) is 4.14.